The third-order valence-corrected chi connectivity index (χ3v) is 7.60. The zero-order chi connectivity index (χ0) is 26.4. The molecule has 1 heterocycles. The molecule has 5 nitrogen and oxygen atoms in total. The van der Waals surface area contributed by atoms with Gasteiger partial charge in [-0.2, -0.15) is 0 Å². The number of nitrogens with zero attached hydrogens (tertiary/aromatic N) is 2. The van der Waals surface area contributed by atoms with Gasteiger partial charge in [-0.1, -0.05) is 87.9 Å². The maximum Gasteiger partial charge on any atom is 0.336 e. The molecule has 0 aliphatic heterocycles. The Hall–Kier alpha value is -3.22. The summed E-state index contributed by atoms with van der Waals surface area (Å²) < 4.78 is 31.5. The summed E-state index contributed by atoms with van der Waals surface area (Å²) >= 11 is 0. The van der Waals surface area contributed by atoms with Crippen LogP contribution in [0.4, 0.5) is 8.78 Å². The first-order chi connectivity index (χ1) is 17.9. The van der Waals surface area contributed by atoms with Crippen molar-refractivity contribution < 1.29 is 18.7 Å². The van der Waals surface area contributed by atoms with Crippen molar-refractivity contribution >= 4 is 5.97 Å². The van der Waals surface area contributed by atoms with Gasteiger partial charge in [0.05, 0.1) is 12.1 Å². The molecule has 37 heavy (non-hydrogen) atoms. The van der Waals surface area contributed by atoms with Crippen molar-refractivity contribution in [3.63, 3.8) is 0 Å². The van der Waals surface area contributed by atoms with Crippen LogP contribution in [0, 0.1) is 5.92 Å². The monoisotopic (exact) mass is 510 g/mol. The number of aromatic nitrogens is 2. The van der Waals surface area contributed by atoms with E-state index in [1.54, 1.807) is 24.3 Å². The second-order valence-corrected chi connectivity index (χ2v) is 10.1. The minimum Gasteiger partial charge on any atom is -0.478 e. The van der Waals surface area contributed by atoms with Crippen LogP contribution in [0.25, 0.3) is 11.1 Å². The fourth-order valence-corrected chi connectivity index (χ4v) is 5.57. The van der Waals surface area contributed by atoms with E-state index in [2.05, 4.69) is 0 Å². The van der Waals surface area contributed by atoms with Crippen LogP contribution in [-0.2, 0) is 19.5 Å². The van der Waals surface area contributed by atoms with Crippen LogP contribution in [0.2, 0.25) is 0 Å². The molecule has 1 aliphatic carbocycles. The number of carboxylic acid groups (broad SMARTS) is 1. The Labute approximate surface area is 216 Å². The van der Waals surface area contributed by atoms with Crippen LogP contribution in [0.1, 0.15) is 92.0 Å². The zero-order valence-electron chi connectivity index (χ0n) is 21.5. The maximum absolute atomic E-state index is 14.3. The lowest BCUT2D eigenvalue weighted by Gasteiger charge is -2.21. The van der Waals surface area contributed by atoms with E-state index >= 15 is 0 Å². The van der Waals surface area contributed by atoms with E-state index in [-0.39, 0.29) is 23.5 Å². The van der Waals surface area contributed by atoms with Gasteiger partial charge in [-0.05, 0) is 47.9 Å². The molecule has 1 saturated carbocycles. The van der Waals surface area contributed by atoms with Crippen LogP contribution >= 0.6 is 0 Å². The number of carboxylic acids is 1. The molecule has 4 rings (SSSR count). The van der Waals surface area contributed by atoms with Gasteiger partial charge in [0.1, 0.15) is 5.69 Å². The molecule has 0 saturated heterocycles. The first-order valence-corrected chi connectivity index (χ1v) is 13.4. The molecular weight excluding hydrogens is 474 g/mol. The predicted molar refractivity (Wildman–Crippen MR) is 141 cm³/mol. The highest BCUT2D eigenvalue weighted by Crippen LogP contribution is 2.30. The molecule has 1 aliphatic rings. The van der Waals surface area contributed by atoms with Crippen LogP contribution in [-0.4, -0.2) is 20.2 Å². The molecule has 0 bridgehead atoms. The quantitative estimate of drug-likeness (QED) is 0.294. The van der Waals surface area contributed by atoms with Crippen molar-refractivity contribution in [2.24, 2.45) is 5.92 Å². The normalized spacial score (nSPS) is 14.4. The van der Waals surface area contributed by atoms with Gasteiger partial charge >= 0.3 is 11.7 Å². The van der Waals surface area contributed by atoms with Crippen molar-refractivity contribution in [1.82, 2.24) is 9.13 Å². The van der Waals surface area contributed by atoms with Crippen LogP contribution in [0.5, 0.6) is 0 Å². The molecule has 7 heteroatoms. The number of imidazole rings is 1. The van der Waals surface area contributed by atoms with Gasteiger partial charge < -0.3 is 5.11 Å². The average Bonchev–Trinajstić information content (AvgIpc) is 3.17. The van der Waals surface area contributed by atoms with Crippen molar-refractivity contribution in [2.45, 2.75) is 84.2 Å². The molecule has 0 amide bonds. The minimum atomic E-state index is -2.71. The smallest absolute Gasteiger partial charge is 0.336 e. The number of hydrogen-bond donors (Lipinski definition) is 1. The highest BCUT2D eigenvalue weighted by molar-refractivity contribution is 5.95. The Morgan fingerprint density at radius 3 is 2.38 bits per heavy atom. The molecule has 0 unspecified atom stereocenters. The first-order valence-electron chi connectivity index (χ1n) is 13.4. The Kier molecular flexibility index (Phi) is 8.95. The van der Waals surface area contributed by atoms with E-state index in [1.807, 2.05) is 31.2 Å². The SMILES string of the molecule is CCCCc1c(C(F)F)n(CCC2CCCCC2)c(=O)n1Cc1ccc(-c2ccccc2C(=O)O)cc1. The Balaban J connectivity index is 1.64. The summed E-state index contributed by atoms with van der Waals surface area (Å²) in [6.45, 7) is 2.55. The van der Waals surface area contributed by atoms with Gasteiger partial charge in [0.15, 0.2) is 0 Å². The van der Waals surface area contributed by atoms with E-state index in [9.17, 15) is 23.5 Å². The minimum absolute atomic E-state index is 0.124. The predicted octanol–water partition coefficient (Wildman–Crippen LogP) is 7.31. The molecule has 198 valence electrons. The van der Waals surface area contributed by atoms with Gasteiger partial charge in [0.2, 0.25) is 0 Å². The molecule has 0 spiro atoms. The van der Waals surface area contributed by atoms with Gasteiger partial charge in [0.25, 0.3) is 6.43 Å². The van der Waals surface area contributed by atoms with Gasteiger partial charge in [-0.15, -0.1) is 0 Å². The third kappa shape index (κ3) is 6.20. The van der Waals surface area contributed by atoms with Crippen molar-refractivity contribution in [3.8, 4) is 11.1 Å². The summed E-state index contributed by atoms with van der Waals surface area (Å²) in [5.74, 6) is -0.504. The Morgan fingerprint density at radius 1 is 1.03 bits per heavy atom. The molecule has 1 aromatic heterocycles. The maximum atomic E-state index is 14.3. The third-order valence-electron chi connectivity index (χ3n) is 7.60. The molecule has 0 radical (unpaired) electrons. The van der Waals surface area contributed by atoms with Gasteiger partial charge in [-0.25, -0.2) is 18.4 Å². The summed E-state index contributed by atoms with van der Waals surface area (Å²) in [7, 11) is 0. The molecule has 1 fully saturated rings. The topological polar surface area (TPSA) is 64.2 Å². The number of unbranched alkanes of at least 4 members (excludes halogenated alkanes) is 1. The summed E-state index contributed by atoms with van der Waals surface area (Å²) in [5.41, 5.74) is 2.32. The molecule has 3 aromatic rings. The lowest BCUT2D eigenvalue weighted by Crippen LogP contribution is -2.27. The second-order valence-electron chi connectivity index (χ2n) is 10.1. The van der Waals surface area contributed by atoms with Gasteiger partial charge in [0, 0.05) is 12.2 Å². The molecule has 2 aromatic carbocycles. The zero-order valence-corrected chi connectivity index (χ0v) is 21.5. The van der Waals surface area contributed by atoms with E-state index in [0.717, 1.165) is 43.2 Å². The summed E-state index contributed by atoms with van der Waals surface area (Å²) in [5, 5.41) is 9.51. The van der Waals surface area contributed by atoms with Crippen LogP contribution in [0.3, 0.4) is 0 Å². The Morgan fingerprint density at radius 2 is 1.73 bits per heavy atom. The standard InChI is InChI=1S/C30H36F2N2O3/c1-2-3-13-26-27(28(31)32)33(19-18-21-9-5-4-6-10-21)30(37)34(26)20-22-14-16-23(17-15-22)24-11-7-8-12-25(24)29(35)36/h7-8,11-12,14-17,21,28H,2-6,9-10,13,18-20H2,1H3,(H,35,36). The van der Waals surface area contributed by atoms with E-state index in [0.29, 0.717) is 30.1 Å². The highest BCUT2D eigenvalue weighted by Gasteiger charge is 2.26. The number of hydrogen-bond acceptors (Lipinski definition) is 2. The van der Waals surface area contributed by atoms with E-state index < -0.39 is 12.4 Å². The van der Waals surface area contributed by atoms with Crippen LogP contribution < -0.4 is 5.69 Å². The Bertz CT molecular complexity index is 1250. The first kappa shape index (κ1) is 26.8. The van der Waals surface area contributed by atoms with Gasteiger partial charge in [-0.3, -0.25) is 9.13 Å². The summed E-state index contributed by atoms with van der Waals surface area (Å²) in [6, 6.07) is 14.1. The number of rotatable bonds is 11. The number of benzene rings is 2. The molecule has 0 atom stereocenters. The van der Waals surface area contributed by atoms with Crippen molar-refractivity contribution in [3.05, 3.63) is 81.5 Å². The second kappa shape index (κ2) is 12.3. The fraction of sp³-hybridized carbons (Fsp3) is 0.467. The fourth-order valence-electron chi connectivity index (χ4n) is 5.57. The van der Waals surface area contributed by atoms with E-state index in [4.69, 9.17) is 0 Å². The number of carbonyl (C=O) groups is 1. The summed E-state index contributed by atoms with van der Waals surface area (Å²) in [4.78, 5) is 25.1. The molecular formula is C30H36F2N2O3. The number of alkyl halides is 2. The van der Waals surface area contributed by atoms with Crippen molar-refractivity contribution in [2.75, 3.05) is 0 Å². The highest BCUT2D eigenvalue weighted by atomic mass is 19.3. The van der Waals surface area contributed by atoms with Crippen molar-refractivity contribution in [1.29, 1.82) is 0 Å². The lowest BCUT2D eigenvalue weighted by atomic mass is 9.87. The molecule has 1 N–H and O–H groups in total. The van der Waals surface area contributed by atoms with Crippen LogP contribution in [0.15, 0.2) is 53.3 Å². The number of aromatic carboxylic acids is 1. The largest absolute Gasteiger partial charge is 0.478 e. The average molecular weight is 511 g/mol. The number of halogens is 2. The van der Waals surface area contributed by atoms with E-state index in [1.165, 1.54) is 28.4 Å². The summed E-state index contributed by atoms with van der Waals surface area (Å²) in [6.07, 6.45) is 5.88. The lowest BCUT2D eigenvalue weighted by molar-refractivity contribution is 0.0697.